The molecule has 0 bridgehead atoms. The molecule has 0 atom stereocenters. The first-order valence-corrected chi connectivity index (χ1v) is 9.72. The van der Waals surface area contributed by atoms with Gasteiger partial charge in [0.05, 0.1) is 5.75 Å². The Labute approximate surface area is 123 Å². The lowest BCUT2D eigenvalue weighted by atomic mass is 10.4. The molecule has 0 fully saturated rings. The lowest BCUT2D eigenvalue weighted by molar-refractivity contribution is 0.0685. The molecule has 0 spiro atoms. The summed E-state index contributed by atoms with van der Waals surface area (Å²) in [4.78, 5) is 10.9. The van der Waals surface area contributed by atoms with Gasteiger partial charge < -0.3 is 9.67 Å². The molecular formula is C11H18N2O6S2. The third-order valence-electron chi connectivity index (χ3n) is 2.63. The minimum Gasteiger partial charge on any atom is -0.477 e. The Hall–Kier alpha value is -1.39. The molecule has 1 rings (SSSR count). The number of carboxylic acids is 1. The number of sulfone groups is 1. The molecule has 0 unspecified atom stereocenters. The van der Waals surface area contributed by atoms with Crippen molar-refractivity contribution in [3.05, 3.63) is 18.0 Å². The van der Waals surface area contributed by atoms with Gasteiger partial charge in [0.1, 0.15) is 20.4 Å². The highest BCUT2D eigenvalue weighted by atomic mass is 32.2. The van der Waals surface area contributed by atoms with E-state index in [0.717, 1.165) is 12.3 Å². The quantitative estimate of drug-likeness (QED) is 0.683. The normalized spacial score (nSPS) is 12.5. The van der Waals surface area contributed by atoms with Crippen molar-refractivity contribution in [2.45, 2.75) is 24.8 Å². The second-order valence-electron chi connectivity index (χ2n) is 4.59. The van der Waals surface area contributed by atoms with E-state index < -0.39 is 25.8 Å². The van der Waals surface area contributed by atoms with Gasteiger partial charge in [0.15, 0.2) is 0 Å². The number of carboxylic acid groups (broad SMARTS) is 1. The zero-order valence-electron chi connectivity index (χ0n) is 11.7. The van der Waals surface area contributed by atoms with Crippen LogP contribution in [0.2, 0.25) is 0 Å². The Morgan fingerprint density at radius 3 is 2.43 bits per heavy atom. The molecule has 120 valence electrons. The summed E-state index contributed by atoms with van der Waals surface area (Å²) in [6.07, 6.45) is 2.88. The maximum Gasteiger partial charge on any atom is 0.352 e. The van der Waals surface area contributed by atoms with Crippen molar-refractivity contribution in [1.82, 2.24) is 9.29 Å². The number of nitrogens with one attached hydrogen (secondary N) is 1. The SMILES string of the molecule is CCCn1cc(S(=O)(=O)NCCS(C)(=O)=O)cc1C(=O)O. The Balaban J connectivity index is 2.98. The highest BCUT2D eigenvalue weighted by molar-refractivity contribution is 7.91. The average Bonchev–Trinajstić information content (AvgIpc) is 2.72. The maximum atomic E-state index is 12.0. The Kier molecular flexibility index (Phi) is 5.54. The van der Waals surface area contributed by atoms with Gasteiger partial charge in [-0.25, -0.2) is 26.4 Å². The van der Waals surface area contributed by atoms with Crippen molar-refractivity contribution in [1.29, 1.82) is 0 Å². The van der Waals surface area contributed by atoms with Crippen LogP contribution in [0.5, 0.6) is 0 Å². The van der Waals surface area contributed by atoms with Crippen molar-refractivity contribution >= 4 is 25.8 Å². The second-order valence-corrected chi connectivity index (χ2v) is 8.61. The average molecular weight is 338 g/mol. The van der Waals surface area contributed by atoms with E-state index in [1.54, 1.807) is 0 Å². The van der Waals surface area contributed by atoms with Gasteiger partial charge in [-0.1, -0.05) is 6.92 Å². The van der Waals surface area contributed by atoms with Crippen molar-refractivity contribution < 1.29 is 26.7 Å². The largest absolute Gasteiger partial charge is 0.477 e. The Morgan fingerprint density at radius 2 is 1.95 bits per heavy atom. The standard InChI is InChI=1S/C11H18N2O6S2/c1-3-5-13-8-9(7-10(13)11(14)15)21(18,19)12-4-6-20(2,16)17/h7-8,12H,3-6H2,1-2H3,(H,14,15). The molecule has 0 radical (unpaired) electrons. The molecule has 0 amide bonds. The molecule has 0 aliphatic carbocycles. The van der Waals surface area contributed by atoms with E-state index in [0.29, 0.717) is 13.0 Å². The number of carbonyl (C=O) groups is 1. The number of aryl methyl sites for hydroxylation is 1. The fraction of sp³-hybridized carbons (Fsp3) is 0.545. The van der Waals surface area contributed by atoms with Gasteiger partial charge in [-0.3, -0.25) is 0 Å². The van der Waals surface area contributed by atoms with Crippen LogP contribution >= 0.6 is 0 Å². The monoisotopic (exact) mass is 338 g/mol. The molecule has 10 heteroatoms. The van der Waals surface area contributed by atoms with Gasteiger partial charge in [0.2, 0.25) is 10.0 Å². The Bertz CT molecular complexity index is 718. The first-order valence-electron chi connectivity index (χ1n) is 6.17. The summed E-state index contributed by atoms with van der Waals surface area (Å²) >= 11 is 0. The first kappa shape index (κ1) is 17.7. The van der Waals surface area contributed by atoms with Gasteiger partial charge in [-0.15, -0.1) is 0 Å². The van der Waals surface area contributed by atoms with Crippen LogP contribution < -0.4 is 4.72 Å². The lowest BCUT2D eigenvalue weighted by Gasteiger charge is -2.04. The van der Waals surface area contributed by atoms with E-state index in [9.17, 15) is 21.6 Å². The Morgan fingerprint density at radius 1 is 1.33 bits per heavy atom. The predicted octanol–water partition coefficient (Wildman–Crippen LogP) is -0.0808. The van der Waals surface area contributed by atoms with Gasteiger partial charge >= 0.3 is 5.97 Å². The summed E-state index contributed by atoms with van der Waals surface area (Å²) in [6, 6.07) is 1.06. The van der Waals surface area contributed by atoms with Crippen molar-refractivity contribution in [2.24, 2.45) is 0 Å². The summed E-state index contributed by atoms with van der Waals surface area (Å²) < 4.78 is 49.4. The molecule has 21 heavy (non-hydrogen) atoms. The van der Waals surface area contributed by atoms with Crippen LogP contribution in [0.4, 0.5) is 0 Å². The van der Waals surface area contributed by atoms with E-state index in [1.807, 2.05) is 6.92 Å². The molecule has 1 aromatic rings. The number of aromatic carboxylic acids is 1. The molecule has 2 N–H and O–H groups in total. The van der Waals surface area contributed by atoms with Gasteiger partial charge in [-0.2, -0.15) is 0 Å². The third kappa shape index (κ3) is 5.14. The molecule has 1 heterocycles. The number of hydrogen-bond acceptors (Lipinski definition) is 5. The third-order valence-corrected chi connectivity index (χ3v) is 5.00. The van der Waals surface area contributed by atoms with Crippen LogP contribution in [0.1, 0.15) is 23.8 Å². The predicted molar refractivity (Wildman–Crippen MR) is 76.6 cm³/mol. The van der Waals surface area contributed by atoms with Crippen LogP contribution in [-0.4, -0.2) is 51.0 Å². The molecule has 0 aliphatic heterocycles. The highest BCUT2D eigenvalue weighted by Gasteiger charge is 2.21. The lowest BCUT2D eigenvalue weighted by Crippen LogP contribution is -2.28. The smallest absolute Gasteiger partial charge is 0.352 e. The first-order chi connectivity index (χ1) is 9.57. The minimum atomic E-state index is -3.93. The molecular weight excluding hydrogens is 320 g/mol. The van der Waals surface area contributed by atoms with Crippen molar-refractivity contribution in [3.8, 4) is 0 Å². The minimum absolute atomic E-state index is 0.125. The van der Waals surface area contributed by atoms with E-state index in [-0.39, 0.29) is 22.9 Å². The highest BCUT2D eigenvalue weighted by Crippen LogP contribution is 2.15. The van der Waals surface area contributed by atoms with E-state index >= 15 is 0 Å². The molecule has 0 aliphatic rings. The number of sulfonamides is 1. The summed E-state index contributed by atoms with van der Waals surface area (Å²) in [5, 5.41) is 9.04. The fourth-order valence-electron chi connectivity index (χ4n) is 1.68. The maximum absolute atomic E-state index is 12.0. The summed E-state index contributed by atoms with van der Waals surface area (Å²) in [5.41, 5.74) is -0.125. The molecule has 0 saturated heterocycles. The van der Waals surface area contributed by atoms with Gasteiger partial charge in [0, 0.05) is 25.5 Å². The topological polar surface area (TPSA) is 123 Å². The molecule has 0 aromatic carbocycles. The molecule has 8 nitrogen and oxygen atoms in total. The van der Waals surface area contributed by atoms with Crippen LogP contribution in [-0.2, 0) is 26.4 Å². The zero-order chi connectivity index (χ0) is 16.3. The van der Waals surface area contributed by atoms with Crippen LogP contribution in [0.15, 0.2) is 17.2 Å². The van der Waals surface area contributed by atoms with Gasteiger partial charge in [-0.05, 0) is 12.5 Å². The van der Waals surface area contributed by atoms with E-state index in [1.165, 1.54) is 10.8 Å². The summed E-state index contributed by atoms with van der Waals surface area (Å²) in [6.45, 7) is 1.95. The summed E-state index contributed by atoms with van der Waals surface area (Å²) in [7, 11) is -7.21. The number of aromatic nitrogens is 1. The van der Waals surface area contributed by atoms with Crippen LogP contribution in [0.3, 0.4) is 0 Å². The zero-order valence-corrected chi connectivity index (χ0v) is 13.4. The number of nitrogens with zero attached hydrogens (tertiary/aromatic N) is 1. The van der Waals surface area contributed by atoms with E-state index in [4.69, 9.17) is 5.11 Å². The molecule has 0 saturated carbocycles. The van der Waals surface area contributed by atoms with Crippen LogP contribution in [0.25, 0.3) is 0 Å². The van der Waals surface area contributed by atoms with Crippen LogP contribution in [0, 0.1) is 0 Å². The van der Waals surface area contributed by atoms with E-state index in [2.05, 4.69) is 4.72 Å². The summed E-state index contributed by atoms with van der Waals surface area (Å²) in [5.74, 6) is -1.55. The van der Waals surface area contributed by atoms with Crippen molar-refractivity contribution in [2.75, 3.05) is 18.6 Å². The molecule has 1 aromatic heterocycles. The van der Waals surface area contributed by atoms with Crippen molar-refractivity contribution in [3.63, 3.8) is 0 Å². The fourth-order valence-corrected chi connectivity index (χ4v) is 3.35. The number of rotatable bonds is 8. The van der Waals surface area contributed by atoms with Gasteiger partial charge in [0.25, 0.3) is 0 Å². The second kappa shape index (κ2) is 6.58. The number of hydrogen-bond donors (Lipinski definition) is 2.